The summed E-state index contributed by atoms with van der Waals surface area (Å²) >= 11 is 0. The third-order valence-corrected chi connectivity index (χ3v) is 3.81. The zero-order valence-electron chi connectivity index (χ0n) is 11.7. The van der Waals surface area contributed by atoms with E-state index >= 15 is 0 Å². The van der Waals surface area contributed by atoms with Crippen molar-refractivity contribution in [3.8, 4) is 0 Å². The lowest BCUT2D eigenvalue weighted by Gasteiger charge is -2.26. The van der Waals surface area contributed by atoms with Gasteiger partial charge in [-0.3, -0.25) is 0 Å². The van der Waals surface area contributed by atoms with Crippen molar-refractivity contribution in [3.05, 3.63) is 35.6 Å². The van der Waals surface area contributed by atoms with Gasteiger partial charge in [-0.1, -0.05) is 24.6 Å². The lowest BCUT2D eigenvalue weighted by Crippen LogP contribution is -2.32. The van der Waals surface area contributed by atoms with Crippen LogP contribution in [0.4, 0.5) is 4.39 Å². The lowest BCUT2D eigenvalue weighted by molar-refractivity contribution is 0.226. The van der Waals surface area contributed by atoms with Crippen LogP contribution in [-0.2, 0) is 6.42 Å². The molecule has 0 radical (unpaired) electrons. The first-order valence-electron chi connectivity index (χ1n) is 7.53. The van der Waals surface area contributed by atoms with Crippen LogP contribution in [0.15, 0.2) is 24.3 Å². The molecule has 0 atom stereocenters. The summed E-state index contributed by atoms with van der Waals surface area (Å²) in [6.45, 7) is 5.64. The molecule has 1 aliphatic heterocycles. The maximum absolute atomic E-state index is 13.4. The Labute approximate surface area is 116 Å². The van der Waals surface area contributed by atoms with Crippen molar-refractivity contribution < 1.29 is 4.39 Å². The van der Waals surface area contributed by atoms with Crippen molar-refractivity contribution in [3.63, 3.8) is 0 Å². The Morgan fingerprint density at radius 3 is 2.63 bits per heavy atom. The second-order valence-electron chi connectivity index (χ2n) is 5.35. The van der Waals surface area contributed by atoms with Crippen LogP contribution in [0.3, 0.4) is 0 Å². The van der Waals surface area contributed by atoms with Crippen LogP contribution < -0.4 is 5.32 Å². The molecule has 1 N–H and O–H groups in total. The summed E-state index contributed by atoms with van der Waals surface area (Å²) in [6, 6.07) is 7.04. The minimum absolute atomic E-state index is 0.0855. The van der Waals surface area contributed by atoms with Crippen molar-refractivity contribution in [1.82, 2.24) is 10.2 Å². The Balaban J connectivity index is 1.51. The molecule has 1 aromatic carbocycles. The third kappa shape index (κ3) is 5.29. The molecule has 1 aromatic rings. The molecule has 0 aliphatic carbocycles. The highest BCUT2D eigenvalue weighted by atomic mass is 19.1. The molecule has 3 heteroatoms. The predicted octanol–water partition coefficient (Wildman–Crippen LogP) is 2.83. The molecule has 2 nitrogen and oxygen atoms in total. The van der Waals surface area contributed by atoms with Crippen LogP contribution in [0.1, 0.15) is 31.2 Å². The van der Waals surface area contributed by atoms with Gasteiger partial charge in [0.05, 0.1) is 0 Å². The standard InChI is InChI=1S/C16H25FN2/c17-16-8-3-2-7-15(16)9-11-18-10-6-14-19-12-4-1-5-13-19/h2-3,7-8,18H,1,4-6,9-14H2. The zero-order valence-corrected chi connectivity index (χ0v) is 11.7. The van der Waals surface area contributed by atoms with E-state index in [4.69, 9.17) is 0 Å². The Kier molecular flexibility index (Phi) is 6.31. The van der Waals surface area contributed by atoms with Crippen LogP contribution in [0.5, 0.6) is 0 Å². The number of likely N-dealkylation sites (tertiary alicyclic amines) is 1. The average Bonchev–Trinajstić information content (AvgIpc) is 2.45. The van der Waals surface area contributed by atoms with E-state index in [1.54, 1.807) is 6.07 Å². The molecule has 1 heterocycles. The van der Waals surface area contributed by atoms with Crippen molar-refractivity contribution in [2.24, 2.45) is 0 Å². The van der Waals surface area contributed by atoms with Gasteiger partial charge < -0.3 is 10.2 Å². The fourth-order valence-electron chi connectivity index (χ4n) is 2.66. The molecule has 1 aliphatic rings. The fourth-order valence-corrected chi connectivity index (χ4v) is 2.66. The van der Waals surface area contributed by atoms with Gasteiger partial charge in [-0.25, -0.2) is 4.39 Å². The van der Waals surface area contributed by atoms with Gasteiger partial charge in [0.1, 0.15) is 5.82 Å². The second kappa shape index (κ2) is 8.28. The van der Waals surface area contributed by atoms with Crippen molar-refractivity contribution in [2.75, 3.05) is 32.7 Å². The number of hydrogen-bond acceptors (Lipinski definition) is 2. The molecule has 0 spiro atoms. The maximum atomic E-state index is 13.4. The Morgan fingerprint density at radius 2 is 1.84 bits per heavy atom. The minimum Gasteiger partial charge on any atom is -0.316 e. The molecular formula is C16H25FN2. The maximum Gasteiger partial charge on any atom is 0.126 e. The van der Waals surface area contributed by atoms with E-state index in [0.717, 1.165) is 25.1 Å². The van der Waals surface area contributed by atoms with Crippen molar-refractivity contribution >= 4 is 0 Å². The van der Waals surface area contributed by atoms with Gasteiger partial charge >= 0.3 is 0 Å². The van der Waals surface area contributed by atoms with E-state index in [1.807, 2.05) is 12.1 Å². The summed E-state index contributed by atoms with van der Waals surface area (Å²) in [6.07, 6.45) is 6.09. The van der Waals surface area contributed by atoms with Gasteiger partial charge in [0.15, 0.2) is 0 Å². The molecule has 2 rings (SSSR count). The number of halogens is 1. The van der Waals surface area contributed by atoms with Crippen molar-refractivity contribution in [2.45, 2.75) is 32.1 Å². The number of benzene rings is 1. The normalized spacial score (nSPS) is 16.7. The molecule has 106 valence electrons. The van der Waals surface area contributed by atoms with Gasteiger partial charge in [-0.15, -0.1) is 0 Å². The van der Waals surface area contributed by atoms with Crippen LogP contribution in [0, 0.1) is 5.82 Å². The van der Waals surface area contributed by atoms with Gasteiger partial charge in [0, 0.05) is 0 Å². The molecule has 1 fully saturated rings. The molecule has 0 amide bonds. The summed E-state index contributed by atoms with van der Waals surface area (Å²) in [5, 5.41) is 3.41. The number of nitrogens with one attached hydrogen (secondary N) is 1. The Bertz CT molecular complexity index is 362. The molecular weight excluding hydrogens is 239 g/mol. The highest BCUT2D eigenvalue weighted by Gasteiger charge is 2.08. The molecule has 0 aromatic heterocycles. The number of piperidine rings is 1. The molecule has 1 saturated heterocycles. The van der Waals surface area contributed by atoms with E-state index in [9.17, 15) is 4.39 Å². The highest BCUT2D eigenvalue weighted by Crippen LogP contribution is 2.08. The van der Waals surface area contributed by atoms with Gasteiger partial charge in [-0.05, 0) is 70.0 Å². The monoisotopic (exact) mass is 264 g/mol. The van der Waals surface area contributed by atoms with Crippen molar-refractivity contribution in [1.29, 1.82) is 0 Å². The summed E-state index contributed by atoms with van der Waals surface area (Å²) in [5.74, 6) is -0.0855. The second-order valence-corrected chi connectivity index (χ2v) is 5.35. The highest BCUT2D eigenvalue weighted by molar-refractivity contribution is 5.17. The van der Waals surface area contributed by atoms with E-state index < -0.39 is 0 Å². The van der Waals surface area contributed by atoms with E-state index in [2.05, 4.69) is 10.2 Å². The molecule has 0 bridgehead atoms. The molecule has 19 heavy (non-hydrogen) atoms. The van der Waals surface area contributed by atoms with Crippen LogP contribution >= 0.6 is 0 Å². The first-order valence-corrected chi connectivity index (χ1v) is 7.53. The summed E-state index contributed by atoms with van der Waals surface area (Å²) in [7, 11) is 0. The van der Waals surface area contributed by atoms with E-state index in [0.29, 0.717) is 0 Å². The third-order valence-electron chi connectivity index (χ3n) is 3.81. The summed E-state index contributed by atoms with van der Waals surface area (Å²) in [5.41, 5.74) is 0.811. The van der Waals surface area contributed by atoms with Gasteiger partial charge in [0.2, 0.25) is 0 Å². The SMILES string of the molecule is Fc1ccccc1CCNCCCN1CCCCC1. The Morgan fingerprint density at radius 1 is 1.05 bits per heavy atom. The zero-order chi connectivity index (χ0) is 13.3. The molecule has 0 unspecified atom stereocenters. The summed E-state index contributed by atoms with van der Waals surface area (Å²) in [4.78, 5) is 2.56. The number of nitrogens with zero attached hydrogens (tertiary/aromatic N) is 1. The smallest absolute Gasteiger partial charge is 0.126 e. The number of hydrogen-bond donors (Lipinski definition) is 1. The predicted molar refractivity (Wildman–Crippen MR) is 77.9 cm³/mol. The topological polar surface area (TPSA) is 15.3 Å². The fraction of sp³-hybridized carbons (Fsp3) is 0.625. The quantitative estimate of drug-likeness (QED) is 0.762. The largest absolute Gasteiger partial charge is 0.316 e. The Hall–Kier alpha value is -0.930. The van der Waals surface area contributed by atoms with E-state index in [1.165, 1.54) is 51.4 Å². The summed E-state index contributed by atoms with van der Waals surface area (Å²) < 4.78 is 13.4. The first kappa shape index (κ1) is 14.5. The van der Waals surface area contributed by atoms with Gasteiger partial charge in [-0.2, -0.15) is 0 Å². The number of rotatable bonds is 7. The molecule has 0 saturated carbocycles. The minimum atomic E-state index is -0.0855. The first-order chi connectivity index (χ1) is 9.36. The van der Waals surface area contributed by atoms with Gasteiger partial charge in [0.25, 0.3) is 0 Å². The average molecular weight is 264 g/mol. The van der Waals surface area contributed by atoms with Crippen LogP contribution in [0.2, 0.25) is 0 Å². The lowest BCUT2D eigenvalue weighted by atomic mass is 10.1. The van der Waals surface area contributed by atoms with Crippen LogP contribution in [0.25, 0.3) is 0 Å². The van der Waals surface area contributed by atoms with E-state index in [-0.39, 0.29) is 5.82 Å². The van der Waals surface area contributed by atoms with Crippen LogP contribution in [-0.4, -0.2) is 37.6 Å².